The summed E-state index contributed by atoms with van der Waals surface area (Å²) in [6, 6.07) is 11.7. The molecule has 7 heteroatoms. The van der Waals surface area contributed by atoms with Crippen LogP contribution in [0.5, 0.6) is 0 Å². The number of hydrogen-bond acceptors (Lipinski definition) is 4. The molecule has 0 amide bonds. The second-order valence-electron chi connectivity index (χ2n) is 6.65. The monoisotopic (exact) mass is 407 g/mol. The van der Waals surface area contributed by atoms with Crippen molar-refractivity contribution >= 4 is 27.6 Å². The number of rotatable bonds is 5. The van der Waals surface area contributed by atoms with Gasteiger partial charge in [-0.3, -0.25) is 0 Å². The minimum atomic E-state index is -3.61. The Hall–Kier alpha value is -1.89. The van der Waals surface area contributed by atoms with Gasteiger partial charge >= 0.3 is 5.97 Å². The lowest BCUT2D eigenvalue weighted by atomic mass is 10.1. The van der Waals surface area contributed by atoms with Crippen molar-refractivity contribution in [2.75, 3.05) is 13.1 Å². The molecule has 0 bridgehead atoms. The lowest BCUT2D eigenvalue weighted by molar-refractivity contribution is 0.0472. The number of carbonyl (C=O) groups is 1. The van der Waals surface area contributed by atoms with Crippen LogP contribution in [0.2, 0.25) is 5.02 Å². The molecule has 5 nitrogen and oxygen atoms in total. The Morgan fingerprint density at radius 2 is 1.85 bits per heavy atom. The van der Waals surface area contributed by atoms with Crippen LogP contribution in [0.25, 0.3) is 0 Å². The highest BCUT2D eigenvalue weighted by Gasteiger charge is 2.28. The molecule has 0 spiro atoms. The van der Waals surface area contributed by atoms with Gasteiger partial charge in [0.1, 0.15) is 6.61 Å². The molecule has 0 radical (unpaired) electrons. The van der Waals surface area contributed by atoms with Crippen LogP contribution in [-0.4, -0.2) is 31.8 Å². The van der Waals surface area contributed by atoms with E-state index in [1.807, 2.05) is 0 Å². The number of ether oxygens (including phenoxy) is 1. The van der Waals surface area contributed by atoms with Crippen molar-refractivity contribution in [3.8, 4) is 0 Å². The summed E-state index contributed by atoms with van der Waals surface area (Å²) in [7, 11) is -3.61. The molecule has 0 saturated carbocycles. The first-order valence-corrected chi connectivity index (χ1v) is 10.7. The Labute approximate surface area is 165 Å². The van der Waals surface area contributed by atoms with Crippen LogP contribution in [0, 0.1) is 6.92 Å². The van der Waals surface area contributed by atoms with Gasteiger partial charge in [0.2, 0.25) is 10.0 Å². The van der Waals surface area contributed by atoms with Gasteiger partial charge in [-0.05, 0) is 55.2 Å². The quantitative estimate of drug-likeness (QED) is 0.697. The second kappa shape index (κ2) is 8.42. The molecule has 2 aromatic carbocycles. The number of benzene rings is 2. The van der Waals surface area contributed by atoms with E-state index in [1.54, 1.807) is 43.3 Å². The van der Waals surface area contributed by atoms with Crippen molar-refractivity contribution in [3.63, 3.8) is 0 Å². The fourth-order valence-electron chi connectivity index (χ4n) is 3.11. The highest BCUT2D eigenvalue weighted by atomic mass is 35.5. The second-order valence-corrected chi connectivity index (χ2v) is 8.99. The standard InChI is InChI=1S/C20H22ClNO4S/c1-15-8-9-17(20(23)26-14-16-6-5-7-18(21)12-16)13-19(15)27(24,25)22-10-3-2-4-11-22/h5-9,12-13H,2-4,10-11,14H2,1H3. The fourth-order valence-corrected chi connectivity index (χ4v) is 5.09. The zero-order chi connectivity index (χ0) is 19.4. The molecule has 2 aromatic rings. The molecule has 1 fully saturated rings. The third kappa shape index (κ3) is 4.69. The van der Waals surface area contributed by atoms with Gasteiger partial charge in [-0.15, -0.1) is 0 Å². The van der Waals surface area contributed by atoms with Crippen LogP contribution >= 0.6 is 11.6 Å². The van der Waals surface area contributed by atoms with E-state index in [0.717, 1.165) is 24.8 Å². The third-order valence-electron chi connectivity index (χ3n) is 4.62. The van der Waals surface area contributed by atoms with E-state index in [4.69, 9.17) is 16.3 Å². The zero-order valence-electron chi connectivity index (χ0n) is 15.2. The lowest BCUT2D eigenvalue weighted by Gasteiger charge is -2.26. The van der Waals surface area contributed by atoms with Gasteiger partial charge in [0.25, 0.3) is 0 Å². The largest absolute Gasteiger partial charge is 0.457 e. The molecule has 0 aliphatic carbocycles. The third-order valence-corrected chi connectivity index (χ3v) is 6.89. The first-order chi connectivity index (χ1) is 12.9. The average molecular weight is 408 g/mol. The maximum atomic E-state index is 13.0. The first-order valence-electron chi connectivity index (χ1n) is 8.90. The smallest absolute Gasteiger partial charge is 0.338 e. The minimum absolute atomic E-state index is 0.0709. The number of carbonyl (C=O) groups excluding carboxylic acids is 1. The molecule has 0 N–H and O–H groups in total. The normalized spacial score (nSPS) is 15.5. The number of aryl methyl sites for hydroxylation is 1. The van der Waals surface area contributed by atoms with E-state index in [0.29, 0.717) is 23.7 Å². The molecule has 1 saturated heterocycles. The number of halogens is 1. The lowest BCUT2D eigenvalue weighted by Crippen LogP contribution is -2.36. The molecule has 1 aliphatic heterocycles. The van der Waals surface area contributed by atoms with Crippen molar-refractivity contribution in [2.45, 2.75) is 37.7 Å². The molecule has 27 heavy (non-hydrogen) atoms. The van der Waals surface area contributed by atoms with Crippen LogP contribution in [-0.2, 0) is 21.4 Å². The van der Waals surface area contributed by atoms with Gasteiger partial charge in [0.05, 0.1) is 10.5 Å². The Morgan fingerprint density at radius 3 is 2.56 bits per heavy atom. The van der Waals surface area contributed by atoms with Crippen molar-refractivity contribution in [2.24, 2.45) is 0 Å². The minimum Gasteiger partial charge on any atom is -0.457 e. The highest BCUT2D eigenvalue weighted by molar-refractivity contribution is 7.89. The zero-order valence-corrected chi connectivity index (χ0v) is 16.7. The predicted molar refractivity (Wildman–Crippen MR) is 104 cm³/mol. The Kier molecular flexibility index (Phi) is 6.19. The van der Waals surface area contributed by atoms with Crippen LogP contribution in [0.3, 0.4) is 0 Å². The summed E-state index contributed by atoms with van der Waals surface area (Å²) in [4.78, 5) is 12.6. The van der Waals surface area contributed by atoms with Gasteiger partial charge < -0.3 is 4.74 Å². The van der Waals surface area contributed by atoms with Crippen molar-refractivity contribution in [1.82, 2.24) is 4.31 Å². The summed E-state index contributed by atoms with van der Waals surface area (Å²) in [6.45, 7) is 2.84. The van der Waals surface area contributed by atoms with Crippen molar-refractivity contribution in [1.29, 1.82) is 0 Å². The van der Waals surface area contributed by atoms with E-state index in [9.17, 15) is 13.2 Å². The van der Waals surface area contributed by atoms with Gasteiger partial charge in [-0.25, -0.2) is 13.2 Å². The van der Waals surface area contributed by atoms with Crippen LogP contribution in [0.1, 0.15) is 40.7 Å². The maximum absolute atomic E-state index is 13.0. The number of hydrogen-bond donors (Lipinski definition) is 0. The highest BCUT2D eigenvalue weighted by Crippen LogP contribution is 2.25. The molecule has 144 valence electrons. The van der Waals surface area contributed by atoms with E-state index in [1.165, 1.54) is 10.4 Å². The molecular weight excluding hydrogens is 386 g/mol. The SMILES string of the molecule is Cc1ccc(C(=O)OCc2cccc(Cl)c2)cc1S(=O)(=O)N1CCCCC1. The number of nitrogens with zero attached hydrogens (tertiary/aromatic N) is 1. The van der Waals surface area contributed by atoms with Gasteiger partial charge in [-0.1, -0.05) is 36.2 Å². The van der Waals surface area contributed by atoms with E-state index >= 15 is 0 Å². The van der Waals surface area contributed by atoms with E-state index in [-0.39, 0.29) is 17.1 Å². The number of piperidine rings is 1. The van der Waals surface area contributed by atoms with E-state index < -0.39 is 16.0 Å². The summed E-state index contributed by atoms with van der Waals surface area (Å²) in [5.74, 6) is -0.565. The van der Waals surface area contributed by atoms with Gasteiger partial charge in [0.15, 0.2) is 0 Å². The van der Waals surface area contributed by atoms with E-state index in [2.05, 4.69) is 0 Å². The number of esters is 1. The molecule has 1 heterocycles. The topological polar surface area (TPSA) is 63.7 Å². The summed E-state index contributed by atoms with van der Waals surface area (Å²) in [5.41, 5.74) is 1.61. The molecule has 3 rings (SSSR count). The first kappa shape index (κ1) is 19.9. The predicted octanol–water partition coefficient (Wildman–Crippen LogP) is 4.18. The van der Waals surface area contributed by atoms with Crippen LogP contribution in [0.4, 0.5) is 0 Å². The average Bonchev–Trinajstić information content (AvgIpc) is 2.67. The molecule has 0 unspecified atom stereocenters. The summed E-state index contributed by atoms with van der Waals surface area (Å²) in [6.07, 6.45) is 2.76. The Balaban J connectivity index is 1.79. The van der Waals surface area contributed by atoms with Gasteiger partial charge in [0, 0.05) is 18.1 Å². The van der Waals surface area contributed by atoms with Crippen LogP contribution in [0.15, 0.2) is 47.4 Å². The molecule has 0 aromatic heterocycles. The molecular formula is C20H22ClNO4S. The number of sulfonamides is 1. The maximum Gasteiger partial charge on any atom is 0.338 e. The van der Waals surface area contributed by atoms with Crippen molar-refractivity contribution in [3.05, 3.63) is 64.2 Å². The van der Waals surface area contributed by atoms with Gasteiger partial charge in [-0.2, -0.15) is 4.31 Å². The fraction of sp³-hybridized carbons (Fsp3) is 0.350. The Morgan fingerprint density at radius 1 is 1.11 bits per heavy atom. The molecule has 1 aliphatic rings. The Bertz CT molecular complexity index is 937. The molecule has 0 atom stereocenters. The van der Waals surface area contributed by atoms with Crippen molar-refractivity contribution < 1.29 is 17.9 Å². The summed E-state index contributed by atoms with van der Waals surface area (Å²) >= 11 is 5.93. The van der Waals surface area contributed by atoms with Crippen LogP contribution < -0.4 is 0 Å². The summed E-state index contributed by atoms with van der Waals surface area (Å²) in [5, 5.41) is 0.564. The summed E-state index contributed by atoms with van der Waals surface area (Å²) < 4.78 is 32.7.